The molecule has 2 rings (SSSR count). The summed E-state index contributed by atoms with van der Waals surface area (Å²) in [5.74, 6) is 1.01. The molecule has 2 heterocycles. The molecule has 0 bridgehead atoms. The van der Waals surface area contributed by atoms with Gasteiger partial charge in [0.15, 0.2) is 5.16 Å². The SMILES string of the molecule is Cc1nc(SCC(=O)NCC2CCCO2)n(CC(C)C)c1C. The van der Waals surface area contributed by atoms with Crippen LogP contribution in [0.2, 0.25) is 0 Å². The normalized spacial score (nSPS) is 18.1. The number of imidazole rings is 1. The van der Waals surface area contributed by atoms with Gasteiger partial charge in [0.25, 0.3) is 0 Å². The van der Waals surface area contributed by atoms with E-state index in [-0.39, 0.29) is 12.0 Å². The summed E-state index contributed by atoms with van der Waals surface area (Å²) >= 11 is 1.51. The Morgan fingerprint density at radius 1 is 1.50 bits per heavy atom. The summed E-state index contributed by atoms with van der Waals surface area (Å²) in [7, 11) is 0. The van der Waals surface area contributed by atoms with Crippen LogP contribution in [-0.2, 0) is 16.1 Å². The van der Waals surface area contributed by atoms with Gasteiger partial charge < -0.3 is 14.6 Å². The lowest BCUT2D eigenvalue weighted by Crippen LogP contribution is -2.33. The monoisotopic (exact) mass is 325 g/mol. The van der Waals surface area contributed by atoms with Crippen LogP contribution < -0.4 is 5.32 Å². The molecule has 1 fully saturated rings. The Labute approximate surface area is 137 Å². The van der Waals surface area contributed by atoms with Gasteiger partial charge >= 0.3 is 0 Å². The van der Waals surface area contributed by atoms with Crippen LogP contribution in [0.5, 0.6) is 0 Å². The summed E-state index contributed by atoms with van der Waals surface area (Å²) in [5.41, 5.74) is 2.24. The van der Waals surface area contributed by atoms with Crippen LogP contribution in [0.4, 0.5) is 0 Å². The van der Waals surface area contributed by atoms with Gasteiger partial charge in [0.05, 0.1) is 17.6 Å². The van der Waals surface area contributed by atoms with Crippen molar-refractivity contribution in [3.8, 4) is 0 Å². The molecule has 22 heavy (non-hydrogen) atoms. The van der Waals surface area contributed by atoms with E-state index in [0.717, 1.165) is 36.8 Å². The zero-order valence-electron chi connectivity index (χ0n) is 14.0. The van der Waals surface area contributed by atoms with Gasteiger partial charge in [0.1, 0.15) is 0 Å². The molecule has 0 radical (unpaired) electrons. The third-order valence-corrected chi connectivity index (χ3v) is 4.83. The maximum Gasteiger partial charge on any atom is 0.230 e. The molecule has 5 nitrogen and oxygen atoms in total. The minimum absolute atomic E-state index is 0.0508. The van der Waals surface area contributed by atoms with Crippen molar-refractivity contribution in [1.29, 1.82) is 0 Å². The number of thioether (sulfide) groups is 1. The second-order valence-corrected chi connectivity index (χ2v) is 7.24. The summed E-state index contributed by atoms with van der Waals surface area (Å²) in [6.45, 7) is 10.9. The highest BCUT2D eigenvalue weighted by molar-refractivity contribution is 7.99. The smallest absolute Gasteiger partial charge is 0.230 e. The molecule has 0 saturated carbocycles. The summed E-state index contributed by atoms with van der Waals surface area (Å²) in [4.78, 5) is 16.6. The van der Waals surface area contributed by atoms with Crippen molar-refractivity contribution in [1.82, 2.24) is 14.9 Å². The minimum atomic E-state index is 0.0508. The molecular weight excluding hydrogens is 298 g/mol. The largest absolute Gasteiger partial charge is 0.376 e. The number of carbonyl (C=O) groups excluding carboxylic acids is 1. The first-order chi connectivity index (χ1) is 10.5. The van der Waals surface area contributed by atoms with Crippen LogP contribution >= 0.6 is 11.8 Å². The molecule has 0 aliphatic carbocycles. The van der Waals surface area contributed by atoms with Crippen molar-refractivity contribution in [3.05, 3.63) is 11.4 Å². The molecule has 124 valence electrons. The van der Waals surface area contributed by atoms with E-state index in [2.05, 4.69) is 35.6 Å². The number of hydrogen-bond donors (Lipinski definition) is 1. The first-order valence-corrected chi connectivity index (χ1v) is 9.00. The van der Waals surface area contributed by atoms with Gasteiger partial charge in [0.2, 0.25) is 5.91 Å². The molecule has 1 N–H and O–H groups in total. The fourth-order valence-corrected chi connectivity index (χ4v) is 3.46. The molecular formula is C16H27N3O2S. The lowest BCUT2D eigenvalue weighted by atomic mass is 10.2. The number of nitrogens with zero attached hydrogens (tertiary/aromatic N) is 2. The maximum atomic E-state index is 12.0. The van der Waals surface area contributed by atoms with Gasteiger partial charge in [-0.15, -0.1) is 0 Å². The average molecular weight is 325 g/mol. The predicted octanol–water partition coefficient (Wildman–Crippen LogP) is 2.54. The first kappa shape index (κ1) is 17.3. The Morgan fingerprint density at radius 2 is 2.27 bits per heavy atom. The zero-order valence-corrected chi connectivity index (χ0v) is 14.8. The molecule has 1 aromatic heterocycles. The second-order valence-electron chi connectivity index (χ2n) is 6.30. The van der Waals surface area contributed by atoms with Crippen LogP contribution in [0, 0.1) is 19.8 Å². The Morgan fingerprint density at radius 3 is 2.91 bits per heavy atom. The van der Waals surface area contributed by atoms with Crippen LogP contribution in [0.15, 0.2) is 5.16 Å². The second kappa shape index (κ2) is 8.02. The fraction of sp³-hybridized carbons (Fsp3) is 0.750. The summed E-state index contributed by atoms with van der Waals surface area (Å²) in [6.07, 6.45) is 2.34. The number of amides is 1. The van der Waals surface area contributed by atoms with E-state index in [0.29, 0.717) is 18.2 Å². The van der Waals surface area contributed by atoms with Crippen molar-refractivity contribution in [2.75, 3.05) is 18.9 Å². The lowest BCUT2D eigenvalue weighted by molar-refractivity contribution is -0.119. The Kier molecular flexibility index (Phi) is 6.32. The van der Waals surface area contributed by atoms with Gasteiger partial charge in [0, 0.05) is 25.4 Å². The van der Waals surface area contributed by atoms with Crippen molar-refractivity contribution in [2.45, 2.75) is 58.3 Å². The van der Waals surface area contributed by atoms with E-state index in [1.807, 2.05) is 6.92 Å². The predicted molar refractivity (Wildman–Crippen MR) is 89.2 cm³/mol. The molecule has 1 saturated heterocycles. The zero-order chi connectivity index (χ0) is 16.1. The van der Waals surface area contributed by atoms with Crippen LogP contribution in [0.3, 0.4) is 0 Å². The lowest BCUT2D eigenvalue weighted by Gasteiger charge is -2.13. The van der Waals surface area contributed by atoms with Gasteiger partial charge in [-0.05, 0) is 32.6 Å². The Hall–Kier alpha value is -1.01. The highest BCUT2D eigenvalue weighted by Gasteiger charge is 2.17. The van der Waals surface area contributed by atoms with Crippen molar-refractivity contribution < 1.29 is 9.53 Å². The summed E-state index contributed by atoms with van der Waals surface area (Å²) < 4.78 is 7.73. The first-order valence-electron chi connectivity index (χ1n) is 8.02. The molecule has 6 heteroatoms. The van der Waals surface area contributed by atoms with E-state index in [4.69, 9.17) is 4.74 Å². The summed E-state index contributed by atoms with van der Waals surface area (Å²) in [6, 6.07) is 0. The van der Waals surface area contributed by atoms with E-state index in [1.54, 1.807) is 0 Å². The van der Waals surface area contributed by atoms with E-state index < -0.39 is 0 Å². The van der Waals surface area contributed by atoms with E-state index >= 15 is 0 Å². The van der Waals surface area contributed by atoms with Crippen molar-refractivity contribution >= 4 is 17.7 Å². The van der Waals surface area contributed by atoms with Crippen molar-refractivity contribution in [3.63, 3.8) is 0 Å². The molecule has 0 aromatic carbocycles. The minimum Gasteiger partial charge on any atom is -0.376 e. The standard InChI is InChI=1S/C16H27N3O2S/c1-11(2)9-19-13(4)12(3)18-16(19)22-10-15(20)17-8-14-6-5-7-21-14/h11,14H,5-10H2,1-4H3,(H,17,20). The topological polar surface area (TPSA) is 56.1 Å². The van der Waals surface area contributed by atoms with Gasteiger partial charge in [-0.25, -0.2) is 4.98 Å². The quantitative estimate of drug-likeness (QED) is 0.783. The molecule has 1 unspecified atom stereocenters. The van der Waals surface area contributed by atoms with Crippen LogP contribution in [0.1, 0.15) is 38.1 Å². The number of rotatable bonds is 7. The van der Waals surface area contributed by atoms with Crippen molar-refractivity contribution in [2.24, 2.45) is 5.92 Å². The van der Waals surface area contributed by atoms with Gasteiger partial charge in [-0.2, -0.15) is 0 Å². The third-order valence-electron chi connectivity index (χ3n) is 3.85. The number of hydrogen-bond acceptors (Lipinski definition) is 4. The fourth-order valence-electron chi connectivity index (χ4n) is 2.53. The number of aromatic nitrogens is 2. The highest BCUT2D eigenvalue weighted by atomic mass is 32.2. The molecule has 0 spiro atoms. The third kappa shape index (κ3) is 4.74. The van der Waals surface area contributed by atoms with E-state index in [1.165, 1.54) is 17.5 Å². The molecule has 1 atom stereocenters. The maximum absolute atomic E-state index is 12.0. The van der Waals surface area contributed by atoms with Crippen LogP contribution in [-0.4, -0.2) is 40.5 Å². The van der Waals surface area contributed by atoms with Crippen LogP contribution in [0.25, 0.3) is 0 Å². The van der Waals surface area contributed by atoms with Gasteiger partial charge in [-0.1, -0.05) is 25.6 Å². The molecule has 1 aliphatic rings. The molecule has 1 aliphatic heterocycles. The number of nitrogens with one attached hydrogen (secondary N) is 1. The molecule has 1 amide bonds. The van der Waals surface area contributed by atoms with E-state index in [9.17, 15) is 4.79 Å². The highest BCUT2D eigenvalue weighted by Crippen LogP contribution is 2.22. The number of carbonyl (C=O) groups is 1. The number of aryl methyl sites for hydroxylation is 1. The Bertz CT molecular complexity index is 508. The Balaban J connectivity index is 1.84. The molecule has 1 aromatic rings. The average Bonchev–Trinajstić information content (AvgIpc) is 3.06. The number of ether oxygens (including phenoxy) is 1. The van der Waals surface area contributed by atoms with Gasteiger partial charge in [-0.3, -0.25) is 4.79 Å². The summed E-state index contributed by atoms with van der Waals surface area (Å²) in [5, 5.41) is 3.90.